The average molecular weight is 414 g/mol. The highest BCUT2D eigenvalue weighted by atomic mass is 32.1. The molecular weight excluding hydrogens is 394 g/mol. The Labute approximate surface area is 171 Å². The van der Waals surface area contributed by atoms with Gasteiger partial charge in [0.05, 0.1) is 6.54 Å². The lowest BCUT2D eigenvalue weighted by Gasteiger charge is -2.20. The standard InChI is InChI=1S/C21H20F2N4OS/c22-16-6-4-14(5-7-16)11-24-20(28)21-26-25-19(29-21)13-27(18-8-9-18)12-15-2-1-3-17(23)10-15/h1-7,10,18H,8-9,11-13H2,(H,24,28). The Hall–Kier alpha value is -2.71. The van der Waals surface area contributed by atoms with Gasteiger partial charge in [0.2, 0.25) is 5.01 Å². The molecule has 2 aromatic carbocycles. The Balaban J connectivity index is 1.35. The highest BCUT2D eigenvalue weighted by Crippen LogP contribution is 2.30. The first-order valence-corrected chi connectivity index (χ1v) is 10.2. The van der Waals surface area contributed by atoms with Crippen LogP contribution in [0.3, 0.4) is 0 Å². The number of aromatic nitrogens is 2. The van der Waals surface area contributed by atoms with Crippen LogP contribution in [0.15, 0.2) is 48.5 Å². The average Bonchev–Trinajstić information content (AvgIpc) is 3.46. The zero-order valence-electron chi connectivity index (χ0n) is 15.6. The largest absolute Gasteiger partial charge is 0.346 e. The molecule has 5 nitrogen and oxygen atoms in total. The summed E-state index contributed by atoms with van der Waals surface area (Å²) in [7, 11) is 0. The predicted molar refractivity (Wildman–Crippen MR) is 106 cm³/mol. The third-order valence-electron chi connectivity index (χ3n) is 4.70. The first kappa shape index (κ1) is 19.6. The Kier molecular flexibility index (Phi) is 5.92. The maximum absolute atomic E-state index is 13.5. The molecule has 4 rings (SSSR count). The smallest absolute Gasteiger partial charge is 0.282 e. The maximum Gasteiger partial charge on any atom is 0.282 e. The number of carbonyl (C=O) groups is 1. The van der Waals surface area contributed by atoms with Crippen molar-refractivity contribution >= 4 is 17.2 Å². The number of benzene rings is 2. The first-order chi connectivity index (χ1) is 14.1. The minimum Gasteiger partial charge on any atom is -0.346 e. The molecule has 0 bridgehead atoms. The van der Waals surface area contributed by atoms with Crippen molar-refractivity contribution in [1.29, 1.82) is 0 Å². The van der Waals surface area contributed by atoms with Crippen molar-refractivity contribution in [2.45, 2.75) is 38.5 Å². The Bertz CT molecular complexity index is 988. The van der Waals surface area contributed by atoms with Crippen LogP contribution in [0.2, 0.25) is 0 Å². The summed E-state index contributed by atoms with van der Waals surface area (Å²) < 4.78 is 26.4. The SMILES string of the molecule is O=C(NCc1ccc(F)cc1)c1nnc(CN(Cc2cccc(F)c2)C2CC2)s1. The van der Waals surface area contributed by atoms with Gasteiger partial charge in [-0.1, -0.05) is 35.6 Å². The summed E-state index contributed by atoms with van der Waals surface area (Å²) in [6.45, 7) is 1.50. The van der Waals surface area contributed by atoms with E-state index >= 15 is 0 Å². The molecule has 1 amide bonds. The van der Waals surface area contributed by atoms with E-state index < -0.39 is 0 Å². The van der Waals surface area contributed by atoms with Gasteiger partial charge in [0.15, 0.2) is 0 Å². The van der Waals surface area contributed by atoms with Crippen molar-refractivity contribution in [3.05, 3.63) is 81.3 Å². The lowest BCUT2D eigenvalue weighted by Crippen LogP contribution is -2.25. The Morgan fingerprint density at radius 2 is 1.83 bits per heavy atom. The summed E-state index contributed by atoms with van der Waals surface area (Å²) in [6.07, 6.45) is 2.22. The summed E-state index contributed by atoms with van der Waals surface area (Å²) in [5, 5.41) is 12.0. The fourth-order valence-electron chi connectivity index (χ4n) is 3.07. The van der Waals surface area contributed by atoms with Crippen molar-refractivity contribution in [3.8, 4) is 0 Å². The van der Waals surface area contributed by atoms with E-state index in [9.17, 15) is 13.6 Å². The summed E-state index contributed by atoms with van der Waals surface area (Å²) in [5.74, 6) is -0.859. The quantitative estimate of drug-likeness (QED) is 0.607. The lowest BCUT2D eigenvalue weighted by molar-refractivity contribution is 0.0950. The van der Waals surface area contributed by atoms with Gasteiger partial charge in [-0.3, -0.25) is 9.69 Å². The van der Waals surface area contributed by atoms with E-state index in [0.717, 1.165) is 29.0 Å². The van der Waals surface area contributed by atoms with Crippen LogP contribution in [0.25, 0.3) is 0 Å². The second-order valence-corrected chi connectivity index (χ2v) is 8.14. The van der Waals surface area contributed by atoms with E-state index in [1.807, 2.05) is 6.07 Å². The number of rotatable bonds is 8. The second kappa shape index (κ2) is 8.75. The van der Waals surface area contributed by atoms with Gasteiger partial charge < -0.3 is 5.32 Å². The topological polar surface area (TPSA) is 58.1 Å². The van der Waals surface area contributed by atoms with Gasteiger partial charge >= 0.3 is 0 Å². The van der Waals surface area contributed by atoms with Crippen LogP contribution in [0, 0.1) is 11.6 Å². The molecule has 1 heterocycles. The first-order valence-electron chi connectivity index (χ1n) is 9.40. The van der Waals surface area contributed by atoms with Crippen molar-refractivity contribution in [2.75, 3.05) is 0 Å². The molecule has 1 fully saturated rings. The van der Waals surface area contributed by atoms with Gasteiger partial charge in [0, 0.05) is 19.1 Å². The molecule has 0 unspecified atom stereocenters. The van der Waals surface area contributed by atoms with Gasteiger partial charge in [-0.15, -0.1) is 10.2 Å². The van der Waals surface area contributed by atoms with E-state index in [1.165, 1.54) is 29.5 Å². The lowest BCUT2D eigenvalue weighted by atomic mass is 10.2. The van der Waals surface area contributed by atoms with Crippen molar-refractivity contribution < 1.29 is 13.6 Å². The highest BCUT2D eigenvalue weighted by molar-refractivity contribution is 7.13. The minimum atomic E-state index is -0.313. The molecule has 1 aromatic heterocycles. The van der Waals surface area contributed by atoms with Crippen LogP contribution in [-0.4, -0.2) is 27.0 Å². The van der Waals surface area contributed by atoms with E-state index in [4.69, 9.17) is 0 Å². The molecule has 1 saturated carbocycles. The zero-order valence-corrected chi connectivity index (χ0v) is 16.5. The Morgan fingerprint density at radius 1 is 1.03 bits per heavy atom. The number of hydrogen-bond acceptors (Lipinski definition) is 5. The molecular formula is C21H20F2N4OS. The van der Waals surface area contributed by atoms with Crippen molar-refractivity contribution in [1.82, 2.24) is 20.4 Å². The van der Waals surface area contributed by atoms with Crippen LogP contribution in [0.1, 0.15) is 38.8 Å². The second-order valence-electron chi connectivity index (χ2n) is 7.08. The zero-order chi connectivity index (χ0) is 20.2. The monoisotopic (exact) mass is 414 g/mol. The highest BCUT2D eigenvalue weighted by Gasteiger charge is 2.30. The van der Waals surface area contributed by atoms with Gasteiger partial charge in [-0.25, -0.2) is 8.78 Å². The predicted octanol–water partition coefficient (Wildman–Crippen LogP) is 3.91. The van der Waals surface area contributed by atoms with E-state index in [-0.39, 0.29) is 17.5 Å². The van der Waals surface area contributed by atoms with Crippen molar-refractivity contribution in [2.24, 2.45) is 0 Å². The number of halogens is 2. The summed E-state index contributed by atoms with van der Waals surface area (Å²) in [5.41, 5.74) is 1.72. The van der Waals surface area contributed by atoms with Gasteiger partial charge in [0.1, 0.15) is 16.6 Å². The summed E-state index contributed by atoms with van der Waals surface area (Å²) in [4.78, 5) is 14.6. The van der Waals surface area contributed by atoms with Gasteiger partial charge in [0.25, 0.3) is 5.91 Å². The van der Waals surface area contributed by atoms with Crippen molar-refractivity contribution in [3.63, 3.8) is 0 Å². The van der Waals surface area contributed by atoms with Crippen LogP contribution in [0.5, 0.6) is 0 Å². The van der Waals surface area contributed by atoms with Gasteiger partial charge in [-0.05, 0) is 48.2 Å². The van der Waals surface area contributed by atoms with E-state index in [2.05, 4.69) is 20.4 Å². The van der Waals surface area contributed by atoms with Gasteiger partial charge in [-0.2, -0.15) is 0 Å². The fraction of sp³-hybridized carbons (Fsp3) is 0.286. The molecule has 0 radical (unpaired) electrons. The normalized spacial score (nSPS) is 13.6. The molecule has 29 heavy (non-hydrogen) atoms. The molecule has 3 aromatic rings. The summed E-state index contributed by atoms with van der Waals surface area (Å²) in [6, 6.07) is 13.0. The Morgan fingerprint density at radius 3 is 2.55 bits per heavy atom. The molecule has 0 saturated heterocycles. The molecule has 8 heteroatoms. The molecule has 150 valence electrons. The number of amides is 1. The molecule has 1 aliphatic carbocycles. The molecule has 0 atom stereocenters. The number of nitrogens with zero attached hydrogens (tertiary/aromatic N) is 3. The van der Waals surface area contributed by atoms with Crippen LogP contribution < -0.4 is 5.32 Å². The third-order valence-corrected chi connectivity index (χ3v) is 5.61. The van der Waals surface area contributed by atoms with Crippen LogP contribution >= 0.6 is 11.3 Å². The number of hydrogen-bond donors (Lipinski definition) is 1. The third kappa shape index (κ3) is 5.42. The van der Waals surface area contributed by atoms with Crippen LogP contribution in [0.4, 0.5) is 8.78 Å². The maximum atomic E-state index is 13.5. The molecule has 1 N–H and O–H groups in total. The molecule has 0 aliphatic heterocycles. The minimum absolute atomic E-state index is 0.241. The molecule has 0 spiro atoms. The van der Waals surface area contributed by atoms with E-state index in [1.54, 1.807) is 24.3 Å². The summed E-state index contributed by atoms with van der Waals surface area (Å²) >= 11 is 1.26. The molecule has 1 aliphatic rings. The number of carbonyl (C=O) groups excluding carboxylic acids is 1. The van der Waals surface area contributed by atoms with Crippen LogP contribution in [-0.2, 0) is 19.6 Å². The fourth-order valence-corrected chi connectivity index (χ4v) is 3.85. The van der Waals surface area contributed by atoms with E-state index in [0.29, 0.717) is 30.7 Å². The number of nitrogens with one attached hydrogen (secondary N) is 1.